The van der Waals surface area contributed by atoms with Crippen LogP contribution in [-0.2, 0) is 4.79 Å². The Labute approximate surface area is 100 Å². The second kappa shape index (κ2) is 9.59. The molecule has 1 unspecified atom stereocenters. The summed E-state index contributed by atoms with van der Waals surface area (Å²) in [5.74, 6) is -1.01. The van der Waals surface area contributed by atoms with Crippen molar-refractivity contribution in [3.05, 3.63) is 12.2 Å². The standard InChI is InChI=1S/C8H13ClO2.Na/c1-2-4-7(9)5-3-6-8(10)11;/h2,4,7H,3,5-6H2,1H3,(H,10,11);/q;+1/p-1/b4-2+;. The molecule has 0 heterocycles. The molecule has 0 aromatic rings. The van der Waals surface area contributed by atoms with E-state index in [1.54, 1.807) is 0 Å². The van der Waals surface area contributed by atoms with Crippen LogP contribution in [0.25, 0.3) is 0 Å². The average molecular weight is 199 g/mol. The number of alkyl halides is 1. The quantitative estimate of drug-likeness (QED) is 0.294. The molecule has 0 aliphatic carbocycles. The van der Waals surface area contributed by atoms with Gasteiger partial charge in [-0.1, -0.05) is 12.2 Å². The van der Waals surface area contributed by atoms with E-state index >= 15 is 0 Å². The molecule has 0 N–H and O–H groups in total. The van der Waals surface area contributed by atoms with Gasteiger partial charge in [-0.25, -0.2) is 0 Å². The number of rotatable bonds is 5. The molecule has 64 valence electrons. The van der Waals surface area contributed by atoms with Crippen molar-refractivity contribution in [1.29, 1.82) is 0 Å². The van der Waals surface area contributed by atoms with Crippen LogP contribution >= 0.6 is 11.6 Å². The summed E-state index contributed by atoms with van der Waals surface area (Å²) in [6, 6.07) is 0. The number of carboxylic acid groups (broad SMARTS) is 1. The van der Waals surface area contributed by atoms with Gasteiger partial charge in [-0.2, -0.15) is 0 Å². The zero-order valence-corrected chi connectivity index (χ0v) is 10.3. The summed E-state index contributed by atoms with van der Waals surface area (Å²) < 4.78 is 0. The van der Waals surface area contributed by atoms with Crippen molar-refractivity contribution in [3.63, 3.8) is 0 Å². The number of hydrogen-bond donors (Lipinski definition) is 0. The minimum atomic E-state index is -1.01. The van der Waals surface area contributed by atoms with Gasteiger partial charge in [0.05, 0.1) is 5.38 Å². The summed E-state index contributed by atoms with van der Waals surface area (Å²) in [6.45, 7) is 1.88. The molecule has 0 saturated heterocycles. The molecule has 0 amide bonds. The normalized spacial score (nSPS) is 12.5. The second-order valence-electron chi connectivity index (χ2n) is 2.31. The molecule has 0 saturated carbocycles. The van der Waals surface area contributed by atoms with Gasteiger partial charge in [0.25, 0.3) is 0 Å². The maximum absolute atomic E-state index is 9.97. The second-order valence-corrected chi connectivity index (χ2v) is 2.87. The molecular formula is C8H12ClNaO2. The summed E-state index contributed by atoms with van der Waals surface area (Å²) in [4.78, 5) is 9.97. The first-order chi connectivity index (χ1) is 5.16. The largest absolute Gasteiger partial charge is 1.00 e. The first-order valence-corrected chi connectivity index (χ1v) is 4.07. The fourth-order valence-electron chi connectivity index (χ4n) is 0.746. The van der Waals surface area contributed by atoms with Crippen molar-refractivity contribution < 1.29 is 39.5 Å². The van der Waals surface area contributed by atoms with E-state index in [2.05, 4.69) is 0 Å². The van der Waals surface area contributed by atoms with Gasteiger partial charge in [0, 0.05) is 5.97 Å². The molecule has 0 aliphatic rings. The molecular weight excluding hydrogens is 187 g/mol. The van der Waals surface area contributed by atoms with Gasteiger partial charge in [-0.15, -0.1) is 11.6 Å². The Morgan fingerprint density at radius 1 is 1.67 bits per heavy atom. The Balaban J connectivity index is 0. The van der Waals surface area contributed by atoms with Crippen molar-refractivity contribution in [1.82, 2.24) is 0 Å². The van der Waals surface area contributed by atoms with Gasteiger partial charge in [0.2, 0.25) is 0 Å². The molecule has 1 atom stereocenters. The minimum Gasteiger partial charge on any atom is -0.550 e. The van der Waals surface area contributed by atoms with Crippen molar-refractivity contribution >= 4 is 17.6 Å². The minimum absolute atomic E-state index is 0. The number of halogens is 1. The molecule has 4 heteroatoms. The number of carbonyl (C=O) groups excluding carboxylic acids is 1. The Morgan fingerprint density at radius 2 is 2.25 bits per heavy atom. The summed E-state index contributed by atoms with van der Waals surface area (Å²) in [6.07, 6.45) is 5.08. The molecule has 0 aromatic heterocycles. The SMILES string of the molecule is C/C=C/C(Cl)CCCC(=O)[O-].[Na+]. The van der Waals surface area contributed by atoms with Crippen LogP contribution in [0, 0.1) is 0 Å². The number of allylic oxidation sites excluding steroid dienone is 2. The predicted octanol–water partition coefficient (Wildman–Crippen LogP) is -1.91. The Morgan fingerprint density at radius 3 is 2.67 bits per heavy atom. The zero-order valence-electron chi connectivity index (χ0n) is 7.55. The fraction of sp³-hybridized carbons (Fsp3) is 0.625. The van der Waals surface area contributed by atoms with Crippen LogP contribution in [0.2, 0.25) is 0 Å². The predicted molar refractivity (Wildman–Crippen MR) is 43.3 cm³/mol. The Hall–Kier alpha value is 0.500. The molecule has 2 nitrogen and oxygen atoms in total. The molecule has 0 rings (SSSR count). The van der Waals surface area contributed by atoms with Crippen molar-refractivity contribution in [2.24, 2.45) is 0 Å². The van der Waals surface area contributed by atoms with Gasteiger partial charge in [-0.05, 0) is 26.2 Å². The fourth-order valence-corrected chi connectivity index (χ4v) is 1.05. The molecule has 0 fully saturated rings. The third-order valence-corrected chi connectivity index (χ3v) is 1.63. The van der Waals surface area contributed by atoms with Crippen molar-refractivity contribution in [2.45, 2.75) is 31.6 Å². The van der Waals surface area contributed by atoms with E-state index in [0.29, 0.717) is 12.8 Å². The van der Waals surface area contributed by atoms with E-state index in [9.17, 15) is 9.90 Å². The topological polar surface area (TPSA) is 40.1 Å². The summed E-state index contributed by atoms with van der Waals surface area (Å²) >= 11 is 5.76. The number of hydrogen-bond acceptors (Lipinski definition) is 2. The van der Waals surface area contributed by atoms with Crippen LogP contribution in [0.3, 0.4) is 0 Å². The van der Waals surface area contributed by atoms with Gasteiger partial charge in [0.15, 0.2) is 0 Å². The van der Waals surface area contributed by atoms with Crippen LogP contribution in [0.1, 0.15) is 26.2 Å². The summed E-state index contributed by atoms with van der Waals surface area (Å²) in [5, 5.41) is 9.92. The van der Waals surface area contributed by atoms with E-state index in [0.717, 1.165) is 0 Å². The molecule has 12 heavy (non-hydrogen) atoms. The van der Waals surface area contributed by atoms with Gasteiger partial charge in [0.1, 0.15) is 0 Å². The van der Waals surface area contributed by atoms with Crippen molar-refractivity contribution in [2.75, 3.05) is 0 Å². The zero-order chi connectivity index (χ0) is 8.69. The van der Waals surface area contributed by atoms with Gasteiger partial charge >= 0.3 is 29.6 Å². The van der Waals surface area contributed by atoms with E-state index < -0.39 is 5.97 Å². The van der Waals surface area contributed by atoms with E-state index in [1.165, 1.54) is 0 Å². The van der Waals surface area contributed by atoms with Gasteiger partial charge < -0.3 is 9.90 Å². The summed E-state index contributed by atoms with van der Waals surface area (Å²) in [7, 11) is 0. The summed E-state index contributed by atoms with van der Waals surface area (Å²) in [5.41, 5.74) is 0. The maximum atomic E-state index is 9.97. The number of carbonyl (C=O) groups is 1. The smallest absolute Gasteiger partial charge is 0.550 e. The van der Waals surface area contributed by atoms with Crippen LogP contribution in [0.5, 0.6) is 0 Å². The molecule has 0 spiro atoms. The number of aliphatic carboxylic acids is 1. The van der Waals surface area contributed by atoms with E-state index in [-0.39, 0.29) is 41.4 Å². The third kappa shape index (κ3) is 10.5. The van der Waals surface area contributed by atoms with Crippen LogP contribution in [0.4, 0.5) is 0 Å². The van der Waals surface area contributed by atoms with Crippen LogP contribution in [0.15, 0.2) is 12.2 Å². The van der Waals surface area contributed by atoms with E-state index in [4.69, 9.17) is 11.6 Å². The monoisotopic (exact) mass is 198 g/mol. The Bertz CT molecular complexity index is 148. The molecule has 0 bridgehead atoms. The van der Waals surface area contributed by atoms with E-state index in [1.807, 2.05) is 19.1 Å². The third-order valence-electron chi connectivity index (χ3n) is 1.26. The van der Waals surface area contributed by atoms with Crippen molar-refractivity contribution in [3.8, 4) is 0 Å². The average Bonchev–Trinajstić information content (AvgIpc) is 1.87. The first-order valence-electron chi connectivity index (χ1n) is 3.63. The molecule has 0 aromatic carbocycles. The van der Waals surface area contributed by atoms with Crippen LogP contribution in [-0.4, -0.2) is 11.3 Å². The first kappa shape index (κ1) is 15.0. The maximum Gasteiger partial charge on any atom is 1.00 e. The molecule has 0 aliphatic heterocycles. The van der Waals surface area contributed by atoms with Gasteiger partial charge in [-0.3, -0.25) is 0 Å². The molecule has 0 radical (unpaired) electrons. The number of carboxylic acids is 1. The Kier molecular flexibility index (Phi) is 12.0. The van der Waals surface area contributed by atoms with Crippen LogP contribution < -0.4 is 34.7 Å².